The average molecular weight is 292 g/mol. The van der Waals surface area contributed by atoms with Gasteiger partial charge in [0.25, 0.3) is 0 Å². The molecule has 0 spiro atoms. The maximum absolute atomic E-state index is 12.7. The second-order valence-corrected chi connectivity index (χ2v) is 7.20. The van der Waals surface area contributed by atoms with E-state index in [4.69, 9.17) is 9.47 Å². The van der Waals surface area contributed by atoms with Crippen molar-refractivity contribution in [1.82, 2.24) is 0 Å². The molecule has 1 aromatic rings. The summed E-state index contributed by atoms with van der Waals surface area (Å²) in [5.74, 6) is 1.78. The molecule has 3 nitrogen and oxygen atoms in total. The number of hydrogen-bond donors (Lipinski definition) is 0. The van der Waals surface area contributed by atoms with Crippen molar-refractivity contribution in [2.75, 3.05) is 14.2 Å². The van der Waals surface area contributed by atoms with Crippen molar-refractivity contribution in [1.29, 1.82) is 0 Å². The fourth-order valence-electron chi connectivity index (χ4n) is 3.26. The molecular weight excluding hydrogens is 272 g/mol. The Balaban J connectivity index is 1.82. The van der Waals surface area contributed by atoms with Crippen LogP contribution in [0.1, 0.15) is 36.0 Å². The number of Topliss-reactive ketones (excluding diaryl/α,β-unsaturated/α-hetero) is 1. The van der Waals surface area contributed by atoms with Crippen LogP contribution in [0.5, 0.6) is 11.5 Å². The van der Waals surface area contributed by atoms with E-state index >= 15 is 0 Å². The van der Waals surface area contributed by atoms with Gasteiger partial charge in [-0.05, 0) is 37.8 Å². The van der Waals surface area contributed by atoms with Crippen LogP contribution in [0.15, 0.2) is 18.2 Å². The number of ketones is 1. The molecule has 2 aliphatic rings. The molecule has 2 saturated heterocycles. The predicted molar refractivity (Wildman–Crippen MR) is 81.0 cm³/mol. The Morgan fingerprint density at radius 2 is 1.60 bits per heavy atom. The first-order chi connectivity index (χ1) is 9.69. The number of carbonyl (C=O) groups is 1. The average Bonchev–Trinajstić information content (AvgIpc) is 2.84. The minimum Gasteiger partial charge on any atom is -0.497 e. The topological polar surface area (TPSA) is 35.5 Å². The second kappa shape index (κ2) is 5.68. The molecule has 2 unspecified atom stereocenters. The minimum absolute atomic E-state index is 0.172. The first-order valence-electron chi connectivity index (χ1n) is 7.12. The Labute approximate surface area is 124 Å². The van der Waals surface area contributed by atoms with Gasteiger partial charge in [-0.1, -0.05) is 0 Å². The fourth-order valence-corrected chi connectivity index (χ4v) is 5.03. The van der Waals surface area contributed by atoms with Crippen molar-refractivity contribution in [3.63, 3.8) is 0 Å². The van der Waals surface area contributed by atoms with E-state index < -0.39 is 0 Å². The molecule has 2 atom stereocenters. The van der Waals surface area contributed by atoms with E-state index in [9.17, 15) is 4.79 Å². The van der Waals surface area contributed by atoms with E-state index in [2.05, 4.69) is 11.8 Å². The van der Waals surface area contributed by atoms with Gasteiger partial charge in [0.05, 0.1) is 14.2 Å². The third-order valence-electron chi connectivity index (χ3n) is 4.30. The second-order valence-electron chi connectivity index (χ2n) is 5.59. The highest BCUT2D eigenvalue weighted by Gasteiger charge is 2.38. The van der Waals surface area contributed by atoms with Crippen molar-refractivity contribution in [2.45, 2.75) is 36.2 Å². The Morgan fingerprint density at radius 3 is 2.10 bits per heavy atom. The van der Waals surface area contributed by atoms with Crippen molar-refractivity contribution in [3.05, 3.63) is 23.8 Å². The highest BCUT2D eigenvalue weighted by atomic mass is 32.2. The summed E-state index contributed by atoms with van der Waals surface area (Å²) in [5.41, 5.74) is 0.720. The number of rotatable bonds is 4. The van der Waals surface area contributed by atoms with Crippen molar-refractivity contribution < 1.29 is 14.3 Å². The molecule has 108 valence electrons. The summed E-state index contributed by atoms with van der Waals surface area (Å²) in [7, 11) is 3.22. The number of thioether (sulfide) groups is 1. The van der Waals surface area contributed by atoms with E-state index in [1.807, 2.05) is 12.1 Å². The van der Waals surface area contributed by atoms with Crippen LogP contribution in [0.4, 0.5) is 0 Å². The number of methoxy groups -OCH3 is 2. The molecule has 2 heterocycles. The summed E-state index contributed by atoms with van der Waals surface area (Å²) in [6, 6.07) is 5.46. The van der Waals surface area contributed by atoms with Crippen molar-refractivity contribution in [3.8, 4) is 11.5 Å². The summed E-state index contributed by atoms with van der Waals surface area (Å²) in [4.78, 5) is 12.7. The standard InChI is InChI=1S/C16H20O3S/c1-18-12-5-10(6-13(9-12)19-2)16(17)11-7-14-3-4-15(8-11)20-14/h5-6,9,11,14-15H,3-4,7-8H2,1-2H3. The van der Waals surface area contributed by atoms with Gasteiger partial charge in [0.2, 0.25) is 0 Å². The van der Waals surface area contributed by atoms with Gasteiger partial charge >= 0.3 is 0 Å². The van der Waals surface area contributed by atoms with E-state index in [1.54, 1.807) is 20.3 Å². The number of hydrogen-bond acceptors (Lipinski definition) is 4. The molecule has 0 radical (unpaired) electrons. The molecule has 2 aliphatic heterocycles. The van der Waals surface area contributed by atoms with Gasteiger partial charge < -0.3 is 9.47 Å². The molecule has 3 rings (SSSR count). The van der Waals surface area contributed by atoms with Gasteiger partial charge in [-0.15, -0.1) is 0 Å². The van der Waals surface area contributed by atoms with Crippen LogP contribution in [0.2, 0.25) is 0 Å². The molecule has 2 bridgehead atoms. The van der Waals surface area contributed by atoms with Gasteiger partial charge in [0, 0.05) is 28.0 Å². The number of carbonyl (C=O) groups excluding carboxylic acids is 1. The SMILES string of the molecule is COc1cc(OC)cc(C(=O)C2CC3CCC(C2)S3)c1. The Kier molecular flexibility index (Phi) is 3.92. The molecule has 4 heteroatoms. The summed E-state index contributed by atoms with van der Waals surface area (Å²) in [6.45, 7) is 0. The first-order valence-corrected chi connectivity index (χ1v) is 8.06. The number of benzene rings is 1. The molecular formula is C16H20O3S. The van der Waals surface area contributed by atoms with Crippen LogP contribution in [-0.4, -0.2) is 30.5 Å². The van der Waals surface area contributed by atoms with Gasteiger partial charge in [-0.25, -0.2) is 0 Å². The zero-order valence-corrected chi connectivity index (χ0v) is 12.7. The summed E-state index contributed by atoms with van der Waals surface area (Å²) in [5, 5.41) is 1.38. The Morgan fingerprint density at radius 1 is 1.05 bits per heavy atom. The fraction of sp³-hybridized carbons (Fsp3) is 0.562. The normalized spacial score (nSPS) is 28.2. The smallest absolute Gasteiger partial charge is 0.166 e. The Hall–Kier alpha value is -1.16. The van der Waals surface area contributed by atoms with Gasteiger partial charge in [-0.2, -0.15) is 11.8 Å². The van der Waals surface area contributed by atoms with Crippen molar-refractivity contribution in [2.24, 2.45) is 5.92 Å². The third-order valence-corrected chi connectivity index (χ3v) is 5.92. The molecule has 0 N–H and O–H groups in total. The van der Waals surface area contributed by atoms with E-state index in [1.165, 1.54) is 12.8 Å². The maximum Gasteiger partial charge on any atom is 0.166 e. The van der Waals surface area contributed by atoms with Crippen LogP contribution in [0.3, 0.4) is 0 Å². The van der Waals surface area contributed by atoms with Crippen LogP contribution < -0.4 is 9.47 Å². The maximum atomic E-state index is 12.7. The van der Waals surface area contributed by atoms with Crippen LogP contribution >= 0.6 is 11.8 Å². The monoisotopic (exact) mass is 292 g/mol. The summed E-state index contributed by atoms with van der Waals surface area (Å²) in [6.07, 6.45) is 4.61. The molecule has 0 amide bonds. The highest BCUT2D eigenvalue weighted by molar-refractivity contribution is 8.00. The zero-order valence-electron chi connectivity index (χ0n) is 11.9. The Bertz CT molecular complexity index is 480. The molecule has 20 heavy (non-hydrogen) atoms. The van der Waals surface area contributed by atoms with Crippen LogP contribution in [-0.2, 0) is 0 Å². The van der Waals surface area contributed by atoms with Gasteiger partial charge in [-0.3, -0.25) is 4.79 Å². The number of fused-ring (bicyclic) bond motifs is 2. The summed E-state index contributed by atoms with van der Waals surface area (Å²) >= 11 is 2.08. The molecule has 0 aliphatic carbocycles. The molecule has 1 aromatic carbocycles. The van der Waals surface area contributed by atoms with Gasteiger partial charge in [0.1, 0.15) is 11.5 Å². The molecule has 0 saturated carbocycles. The largest absolute Gasteiger partial charge is 0.497 e. The zero-order chi connectivity index (χ0) is 14.1. The molecule has 0 aromatic heterocycles. The predicted octanol–water partition coefficient (Wildman–Crippen LogP) is 3.56. The van der Waals surface area contributed by atoms with E-state index in [0.29, 0.717) is 22.0 Å². The highest BCUT2D eigenvalue weighted by Crippen LogP contribution is 2.46. The van der Waals surface area contributed by atoms with Crippen LogP contribution in [0, 0.1) is 5.92 Å². The minimum atomic E-state index is 0.172. The third kappa shape index (κ3) is 2.66. The summed E-state index contributed by atoms with van der Waals surface area (Å²) < 4.78 is 10.5. The van der Waals surface area contributed by atoms with Gasteiger partial charge in [0.15, 0.2) is 5.78 Å². The lowest BCUT2D eigenvalue weighted by Gasteiger charge is -2.26. The molecule has 2 fully saturated rings. The number of ether oxygens (including phenoxy) is 2. The quantitative estimate of drug-likeness (QED) is 0.795. The first kappa shape index (κ1) is 13.8. The lowest BCUT2D eigenvalue weighted by molar-refractivity contribution is 0.0906. The van der Waals surface area contributed by atoms with E-state index in [-0.39, 0.29) is 11.7 Å². The lowest BCUT2D eigenvalue weighted by Crippen LogP contribution is -2.24. The van der Waals surface area contributed by atoms with Crippen molar-refractivity contribution >= 4 is 17.5 Å². The lowest BCUT2D eigenvalue weighted by atomic mass is 9.90. The van der Waals surface area contributed by atoms with E-state index in [0.717, 1.165) is 18.4 Å². The van der Waals surface area contributed by atoms with Crippen LogP contribution in [0.25, 0.3) is 0 Å².